The van der Waals surface area contributed by atoms with E-state index in [4.69, 9.17) is 10.6 Å². The molecule has 0 spiro atoms. The molecule has 0 aromatic rings. The maximum Gasteiger partial charge on any atom is 0.339 e. The summed E-state index contributed by atoms with van der Waals surface area (Å²) in [6.07, 6.45) is -0.570. The minimum Gasteiger partial charge on any atom is -0.462 e. The second-order valence-corrected chi connectivity index (χ2v) is 2.50. The van der Waals surface area contributed by atoms with E-state index in [0.29, 0.717) is 17.9 Å². The molecule has 0 bridgehead atoms. The Morgan fingerprint density at radius 2 is 2.46 bits per heavy atom. The molecule has 3 N–H and O–H groups in total. The zero-order chi connectivity index (χ0) is 9.84. The molecule has 0 aromatic heterocycles. The van der Waals surface area contributed by atoms with Crippen molar-refractivity contribution in [2.24, 2.45) is 16.1 Å². The Hall–Kier alpha value is -1.27. The average molecular weight is 184 g/mol. The molecular formula is C7H12N4O2. The Bertz CT molecular complexity index is 272. The summed E-state index contributed by atoms with van der Waals surface area (Å²) >= 11 is 0. The van der Waals surface area contributed by atoms with Crippen LogP contribution in [0.5, 0.6) is 0 Å². The van der Waals surface area contributed by atoms with Gasteiger partial charge in [0.25, 0.3) is 0 Å². The normalized spacial score (nSPS) is 21.0. The van der Waals surface area contributed by atoms with E-state index in [0.717, 1.165) is 0 Å². The third-order valence-corrected chi connectivity index (χ3v) is 1.64. The molecule has 1 heterocycles. The Labute approximate surface area is 75.8 Å². The molecule has 1 rings (SSSR count). The molecule has 0 saturated carbocycles. The van der Waals surface area contributed by atoms with Crippen LogP contribution in [0.3, 0.4) is 0 Å². The highest BCUT2D eigenvalue weighted by Crippen LogP contribution is 2.20. The number of azo groups is 1. The van der Waals surface area contributed by atoms with Crippen LogP contribution in [0.2, 0.25) is 0 Å². The molecule has 6 heteroatoms. The first-order valence-electron chi connectivity index (χ1n) is 3.95. The summed E-state index contributed by atoms with van der Waals surface area (Å²) in [5, 5.41) is 7.47. The molecule has 1 unspecified atom stereocenters. The van der Waals surface area contributed by atoms with Gasteiger partial charge in [-0.05, 0) is 13.8 Å². The van der Waals surface area contributed by atoms with E-state index >= 15 is 0 Å². The summed E-state index contributed by atoms with van der Waals surface area (Å²) in [7, 11) is 0. The third-order valence-electron chi connectivity index (χ3n) is 1.64. The van der Waals surface area contributed by atoms with Crippen LogP contribution in [-0.4, -0.2) is 18.7 Å². The number of nitrogens with two attached hydrogens (primary N) is 1. The van der Waals surface area contributed by atoms with E-state index < -0.39 is 12.1 Å². The number of ether oxygens (including phenoxy) is 1. The molecule has 1 aliphatic rings. The van der Waals surface area contributed by atoms with Crippen LogP contribution in [0.15, 0.2) is 21.5 Å². The Balaban J connectivity index is 2.78. The molecule has 0 fully saturated rings. The quantitative estimate of drug-likeness (QED) is 0.369. The molecular weight excluding hydrogens is 172 g/mol. The van der Waals surface area contributed by atoms with Gasteiger partial charge in [-0.2, -0.15) is 10.2 Å². The highest BCUT2D eigenvalue weighted by atomic mass is 16.5. The molecule has 1 aliphatic heterocycles. The van der Waals surface area contributed by atoms with Gasteiger partial charge < -0.3 is 4.74 Å². The van der Waals surface area contributed by atoms with Crippen LogP contribution in [0.1, 0.15) is 13.8 Å². The highest BCUT2D eigenvalue weighted by Gasteiger charge is 2.27. The van der Waals surface area contributed by atoms with E-state index in [1.54, 1.807) is 13.8 Å². The van der Waals surface area contributed by atoms with Crippen LogP contribution in [0.25, 0.3) is 0 Å². The molecule has 72 valence electrons. The molecule has 0 radical (unpaired) electrons. The van der Waals surface area contributed by atoms with Gasteiger partial charge in [-0.3, -0.25) is 5.84 Å². The molecule has 0 aliphatic carbocycles. The second kappa shape index (κ2) is 4.11. The van der Waals surface area contributed by atoms with Gasteiger partial charge in [0, 0.05) is 0 Å². The van der Waals surface area contributed by atoms with Gasteiger partial charge in [-0.25, -0.2) is 10.2 Å². The molecule has 6 nitrogen and oxygen atoms in total. The van der Waals surface area contributed by atoms with Gasteiger partial charge >= 0.3 is 5.97 Å². The first kappa shape index (κ1) is 9.82. The summed E-state index contributed by atoms with van der Waals surface area (Å²) in [6.45, 7) is 3.75. The lowest BCUT2D eigenvalue weighted by molar-refractivity contribution is -0.138. The summed E-state index contributed by atoms with van der Waals surface area (Å²) in [6, 6.07) is 0. The number of carbonyl (C=O) groups is 1. The van der Waals surface area contributed by atoms with E-state index in [-0.39, 0.29) is 0 Å². The largest absolute Gasteiger partial charge is 0.462 e. The monoisotopic (exact) mass is 184 g/mol. The lowest BCUT2D eigenvalue weighted by atomic mass is 10.2. The Morgan fingerprint density at radius 3 is 3.00 bits per heavy atom. The van der Waals surface area contributed by atoms with Crippen molar-refractivity contribution >= 4 is 5.97 Å². The topological polar surface area (TPSA) is 89.1 Å². The highest BCUT2D eigenvalue weighted by molar-refractivity contribution is 5.90. The predicted octanol–water partition coefficient (Wildman–Crippen LogP) is 0.0787. The zero-order valence-corrected chi connectivity index (χ0v) is 7.57. The first-order chi connectivity index (χ1) is 6.20. The Kier molecular flexibility index (Phi) is 3.10. The minimum absolute atomic E-state index is 0.326. The third kappa shape index (κ3) is 1.90. The average Bonchev–Trinajstić information content (AvgIpc) is 2.47. The minimum atomic E-state index is -0.570. The number of hydrogen-bond donors (Lipinski definition) is 2. The summed E-state index contributed by atoms with van der Waals surface area (Å²) in [5.74, 6) is 4.75. The van der Waals surface area contributed by atoms with Crippen molar-refractivity contribution in [2.45, 2.75) is 20.0 Å². The van der Waals surface area contributed by atoms with Crippen LogP contribution in [0, 0.1) is 0 Å². The maximum atomic E-state index is 11.3. The molecule has 0 saturated heterocycles. The van der Waals surface area contributed by atoms with Crippen molar-refractivity contribution in [3.63, 3.8) is 0 Å². The fourth-order valence-electron chi connectivity index (χ4n) is 1.04. The molecule has 0 aromatic carbocycles. The lowest BCUT2D eigenvalue weighted by Gasteiger charge is -2.08. The van der Waals surface area contributed by atoms with E-state index in [9.17, 15) is 4.79 Å². The van der Waals surface area contributed by atoms with Gasteiger partial charge in [-0.15, -0.1) is 0 Å². The van der Waals surface area contributed by atoms with E-state index in [1.807, 2.05) is 0 Å². The van der Waals surface area contributed by atoms with Crippen molar-refractivity contribution in [3.8, 4) is 0 Å². The Morgan fingerprint density at radius 1 is 1.77 bits per heavy atom. The number of allylic oxidation sites excluding steroid dienone is 1. The number of hydrogen-bond acceptors (Lipinski definition) is 6. The van der Waals surface area contributed by atoms with Gasteiger partial charge in [0.15, 0.2) is 6.17 Å². The van der Waals surface area contributed by atoms with E-state index in [2.05, 4.69) is 15.7 Å². The van der Waals surface area contributed by atoms with Crippen LogP contribution in [0.4, 0.5) is 0 Å². The summed E-state index contributed by atoms with van der Waals surface area (Å²) in [4.78, 5) is 11.3. The molecule has 0 amide bonds. The lowest BCUT2D eigenvalue weighted by Crippen LogP contribution is -2.36. The van der Waals surface area contributed by atoms with Crippen molar-refractivity contribution in [1.29, 1.82) is 0 Å². The number of esters is 1. The zero-order valence-electron chi connectivity index (χ0n) is 7.57. The van der Waals surface area contributed by atoms with E-state index in [1.165, 1.54) is 0 Å². The summed E-state index contributed by atoms with van der Waals surface area (Å²) < 4.78 is 4.82. The van der Waals surface area contributed by atoms with Gasteiger partial charge in [-0.1, -0.05) is 0 Å². The fraction of sp³-hybridized carbons (Fsp3) is 0.571. The molecule has 13 heavy (non-hydrogen) atoms. The van der Waals surface area contributed by atoms with Gasteiger partial charge in [0.2, 0.25) is 0 Å². The van der Waals surface area contributed by atoms with Gasteiger partial charge in [0.05, 0.1) is 12.3 Å². The van der Waals surface area contributed by atoms with Crippen molar-refractivity contribution < 1.29 is 9.53 Å². The van der Waals surface area contributed by atoms with Gasteiger partial charge in [0.1, 0.15) is 5.57 Å². The second-order valence-electron chi connectivity index (χ2n) is 2.50. The van der Waals surface area contributed by atoms with Crippen molar-refractivity contribution in [1.82, 2.24) is 5.43 Å². The number of nitrogens with zero attached hydrogens (tertiary/aromatic N) is 2. The fourth-order valence-corrected chi connectivity index (χ4v) is 1.04. The SMILES string of the molecule is CCOC(=O)C1=C(C)N=NC1NN. The standard InChI is InChI=1S/C7H12N4O2/c1-3-13-7(12)5-4(2)10-11-6(5)9-8/h6,9H,3,8H2,1-2H3. The smallest absolute Gasteiger partial charge is 0.339 e. The number of rotatable bonds is 3. The number of nitrogens with one attached hydrogen (secondary N) is 1. The maximum absolute atomic E-state index is 11.3. The molecule has 1 atom stereocenters. The number of hydrazine groups is 1. The van der Waals surface area contributed by atoms with Crippen LogP contribution >= 0.6 is 0 Å². The van der Waals surface area contributed by atoms with Crippen molar-refractivity contribution in [2.75, 3.05) is 6.61 Å². The first-order valence-corrected chi connectivity index (χ1v) is 3.95. The van der Waals surface area contributed by atoms with Crippen LogP contribution in [-0.2, 0) is 9.53 Å². The van der Waals surface area contributed by atoms with Crippen molar-refractivity contribution in [3.05, 3.63) is 11.3 Å². The number of carbonyl (C=O) groups excluding carboxylic acids is 1. The van der Waals surface area contributed by atoms with Crippen LogP contribution < -0.4 is 11.3 Å². The predicted molar refractivity (Wildman–Crippen MR) is 45.3 cm³/mol. The summed E-state index contributed by atoms with van der Waals surface area (Å²) in [5.41, 5.74) is 3.29.